The van der Waals surface area contributed by atoms with Crippen LogP contribution in [0, 0.1) is 0 Å². The number of rotatable bonds is 4. The Bertz CT molecular complexity index is 540. The van der Waals surface area contributed by atoms with Crippen LogP contribution < -0.4 is 10.1 Å². The molecule has 0 atom stereocenters. The fraction of sp³-hybridized carbons (Fsp3) is 0.167. The molecule has 1 N–H and O–H groups in total. The molecule has 20 heavy (non-hydrogen) atoms. The summed E-state index contributed by atoms with van der Waals surface area (Å²) in [5.74, 6) is -2.09. The summed E-state index contributed by atoms with van der Waals surface area (Å²) < 4.78 is 44.5. The van der Waals surface area contributed by atoms with Crippen LogP contribution in [0.5, 0.6) is 5.75 Å². The molecule has 0 aliphatic carbocycles. The normalized spacial score (nSPS) is 10.6. The summed E-state index contributed by atoms with van der Waals surface area (Å²) in [7, 11) is 1.10. The Morgan fingerprint density at radius 1 is 1.35 bits per heavy atom. The first-order chi connectivity index (χ1) is 9.26. The first-order valence-electron chi connectivity index (χ1n) is 5.18. The number of carbonyl (C=O) groups is 2. The molecule has 0 bridgehead atoms. The first-order valence-corrected chi connectivity index (χ1v) is 5.18. The molecule has 0 saturated heterocycles. The van der Waals surface area contributed by atoms with Crippen LogP contribution in [0.3, 0.4) is 0 Å². The number of methoxy groups -OCH3 is 1. The average Bonchev–Trinajstić information content (AvgIpc) is 2.36. The molecule has 1 aromatic rings. The highest BCUT2D eigenvalue weighted by atomic mass is 19.4. The number of halogens is 3. The molecule has 1 aromatic carbocycles. The molecule has 0 fully saturated rings. The van der Waals surface area contributed by atoms with Gasteiger partial charge in [-0.15, -0.1) is 13.2 Å². The number of nitrogens with one attached hydrogen (secondary N) is 1. The maximum Gasteiger partial charge on any atom is 0.573 e. The Balaban J connectivity index is 3.17. The third kappa shape index (κ3) is 4.30. The van der Waals surface area contributed by atoms with Crippen molar-refractivity contribution in [1.82, 2.24) is 0 Å². The van der Waals surface area contributed by atoms with Crippen LogP contribution in [0.25, 0.3) is 0 Å². The molecule has 0 saturated carbocycles. The van der Waals surface area contributed by atoms with E-state index >= 15 is 0 Å². The van der Waals surface area contributed by atoms with Crippen molar-refractivity contribution in [2.75, 3.05) is 12.4 Å². The zero-order valence-corrected chi connectivity index (χ0v) is 10.3. The summed E-state index contributed by atoms with van der Waals surface area (Å²) in [4.78, 5) is 22.6. The van der Waals surface area contributed by atoms with Crippen LogP contribution in [0.15, 0.2) is 30.9 Å². The van der Waals surface area contributed by atoms with E-state index in [1.807, 2.05) is 0 Å². The van der Waals surface area contributed by atoms with Crippen molar-refractivity contribution in [3.63, 3.8) is 0 Å². The number of hydrogen-bond donors (Lipinski definition) is 1. The summed E-state index contributed by atoms with van der Waals surface area (Å²) in [5.41, 5.74) is -0.291. The molecule has 0 aliphatic rings. The van der Waals surface area contributed by atoms with Crippen molar-refractivity contribution in [1.29, 1.82) is 0 Å². The van der Waals surface area contributed by atoms with Gasteiger partial charge >= 0.3 is 12.3 Å². The zero-order valence-electron chi connectivity index (χ0n) is 10.3. The molecule has 0 radical (unpaired) electrons. The Kier molecular flexibility index (Phi) is 4.73. The second kappa shape index (κ2) is 6.09. The van der Waals surface area contributed by atoms with E-state index in [9.17, 15) is 22.8 Å². The third-order valence-electron chi connectivity index (χ3n) is 2.07. The fourth-order valence-corrected chi connectivity index (χ4v) is 1.30. The number of anilines is 1. The summed E-state index contributed by atoms with van der Waals surface area (Å²) in [6.45, 7) is 3.19. The molecule has 5 nitrogen and oxygen atoms in total. The Morgan fingerprint density at radius 2 is 2.00 bits per heavy atom. The molecule has 8 heteroatoms. The van der Waals surface area contributed by atoms with Crippen molar-refractivity contribution in [2.24, 2.45) is 0 Å². The van der Waals surface area contributed by atoms with E-state index in [2.05, 4.69) is 21.4 Å². The molecular weight excluding hydrogens is 279 g/mol. The summed E-state index contributed by atoms with van der Waals surface area (Å²) in [5, 5.41) is 2.20. The van der Waals surface area contributed by atoms with Gasteiger partial charge in [0, 0.05) is 6.07 Å². The maximum atomic E-state index is 12.1. The lowest BCUT2D eigenvalue weighted by atomic mass is 10.1. The highest BCUT2D eigenvalue weighted by Gasteiger charge is 2.31. The van der Waals surface area contributed by atoms with Gasteiger partial charge < -0.3 is 14.8 Å². The topological polar surface area (TPSA) is 64.6 Å². The van der Waals surface area contributed by atoms with E-state index < -0.39 is 24.0 Å². The smallest absolute Gasteiger partial charge is 0.465 e. The van der Waals surface area contributed by atoms with Gasteiger partial charge in [0.05, 0.1) is 18.4 Å². The largest absolute Gasteiger partial charge is 0.573 e. The molecule has 0 aliphatic heterocycles. The van der Waals surface area contributed by atoms with E-state index in [0.717, 1.165) is 31.4 Å². The van der Waals surface area contributed by atoms with Crippen LogP contribution in [0.4, 0.5) is 18.9 Å². The first kappa shape index (κ1) is 15.5. The number of esters is 1. The standard InChI is InChI=1S/C12H10F3NO4/c1-3-10(17)16-9-6-7(20-12(13,14)15)4-5-8(9)11(18)19-2/h3-6H,1H2,2H3,(H,16,17). The van der Waals surface area contributed by atoms with Gasteiger partial charge in [-0.05, 0) is 18.2 Å². The second-order valence-electron chi connectivity index (χ2n) is 3.44. The number of carbonyl (C=O) groups excluding carboxylic acids is 2. The number of hydrogen-bond acceptors (Lipinski definition) is 4. The lowest BCUT2D eigenvalue weighted by Crippen LogP contribution is -2.18. The van der Waals surface area contributed by atoms with Gasteiger partial charge in [-0.25, -0.2) is 4.79 Å². The van der Waals surface area contributed by atoms with Crippen LogP contribution in [0.1, 0.15) is 10.4 Å². The monoisotopic (exact) mass is 289 g/mol. The Labute approximate surface area is 112 Å². The Morgan fingerprint density at radius 3 is 2.50 bits per heavy atom. The molecule has 0 spiro atoms. The van der Waals surface area contributed by atoms with Crippen LogP contribution in [-0.4, -0.2) is 25.3 Å². The zero-order chi connectivity index (χ0) is 15.3. The summed E-state index contributed by atoms with van der Waals surface area (Å²) in [6, 6.07) is 2.84. The lowest BCUT2D eigenvalue weighted by Gasteiger charge is -2.13. The third-order valence-corrected chi connectivity index (χ3v) is 2.07. The van der Waals surface area contributed by atoms with Gasteiger partial charge in [0.15, 0.2) is 0 Å². The Hall–Kier alpha value is -2.51. The predicted octanol–water partition coefficient (Wildman–Crippen LogP) is 2.50. The molecule has 0 heterocycles. The quantitative estimate of drug-likeness (QED) is 0.683. The number of benzene rings is 1. The van der Waals surface area contributed by atoms with Crippen LogP contribution in [-0.2, 0) is 9.53 Å². The van der Waals surface area contributed by atoms with Crippen molar-refractivity contribution >= 4 is 17.6 Å². The van der Waals surface area contributed by atoms with E-state index in [1.165, 1.54) is 0 Å². The highest BCUT2D eigenvalue weighted by molar-refractivity contribution is 6.04. The minimum Gasteiger partial charge on any atom is -0.465 e. The molecule has 108 valence electrons. The van der Waals surface area contributed by atoms with Gasteiger partial charge in [-0.1, -0.05) is 6.58 Å². The number of ether oxygens (including phenoxy) is 2. The maximum absolute atomic E-state index is 12.1. The second-order valence-corrected chi connectivity index (χ2v) is 3.44. The number of alkyl halides is 3. The summed E-state index contributed by atoms with van der Waals surface area (Å²) in [6.07, 6.45) is -3.98. The van der Waals surface area contributed by atoms with Crippen LogP contribution >= 0.6 is 0 Å². The molecule has 1 rings (SSSR count). The number of amides is 1. The molecule has 0 aromatic heterocycles. The van der Waals surface area contributed by atoms with Crippen LogP contribution in [0.2, 0.25) is 0 Å². The van der Waals surface area contributed by atoms with Gasteiger partial charge in [0.2, 0.25) is 5.91 Å². The van der Waals surface area contributed by atoms with Crippen molar-refractivity contribution < 1.29 is 32.2 Å². The van der Waals surface area contributed by atoms with Crippen molar-refractivity contribution in [3.05, 3.63) is 36.4 Å². The molecule has 0 unspecified atom stereocenters. The van der Waals surface area contributed by atoms with Crippen molar-refractivity contribution in [3.8, 4) is 5.75 Å². The van der Waals surface area contributed by atoms with Gasteiger partial charge in [0.25, 0.3) is 0 Å². The van der Waals surface area contributed by atoms with E-state index in [0.29, 0.717) is 0 Å². The van der Waals surface area contributed by atoms with Gasteiger partial charge in [0.1, 0.15) is 5.75 Å². The van der Waals surface area contributed by atoms with Gasteiger partial charge in [-0.2, -0.15) is 0 Å². The van der Waals surface area contributed by atoms with Crippen molar-refractivity contribution in [2.45, 2.75) is 6.36 Å². The van der Waals surface area contributed by atoms with E-state index in [4.69, 9.17) is 0 Å². The molecular formula is C12H10F3NO4. The minimum absolute atomic E-state index is 0.114. The van der Waals surface area contributed by atoms with E-state index in [1.54, 1.807) is 0 Å². The lowest BCUT2D eigenvalue weighted by molar-refractivity contribution is -0.274. The van der Waals surface area contributed by atoms with E-state index in [-0.39, 0.29) is 11.3 Å². The minimum atomic E-state index is -4.88. The summed E-state index contributed by atoms with van der Waals surface area (Å²) >= 11 is 0. The average molecular weight is 289 g/mol. The predicted molar refractivity (Wildman–Crippen MR) is 63.3 cm³/mol. The highest BCUT2D eigenvalue weighted by Crippen LogP contribution is 2.28. The molecule has 1 amide bonds. The van der Waals surface area contributed by atoms with Gasteiger partial charge in [-0.3, -0.25) is 4.79 Å². The SMILES string of the molecule is C=CC(=O)Nc1cc(OC(F)(F)F)ccc1C(=O)OC. The fourth-order valence-electron chi connectivity index (χ4n) is 1.30.